The van der Waals surface area contributed by atoms with Crippen molar-refractivity contribution >= 4 is 22.7 Å². The van der Waals surface area contributed by atoms with Gasteiger partial charge in [-0.1, -0.05) is 47.5 Å². The number of aryl methyl sites for hydroxylation is 2. The molecule has 0 atom stereocenters. The summed E-state index contributed by atoms with van der Waals surface area (Å²) in [6.45, 7) is 6.64. The van der Waals surface area contributed by atoms with Crippen molar-refractivity contribution in [3.63, 3.8) is 0 Å². The van der Waals surface area contributed by atoms with Gasteiger partial charge in [0.2, 0.25) is 0 Å². The van der Waals surface area contributed by atoms with Crippen molar-refractivity contribution in [1.82, 2.24) is 4.98 Å². The number of phenolic OH excluding ortho intramolecular Hbond substituents is 1. The lowest BCUT2D eigenvalue weighted by atomic mass is 10.0. The fraction of sp³-hybridized carbons (Fsp3) is 0.192. The number of nitrogens with one attached hydrogen (secondary N) is 1. The molecule has 4 aromatic rings. The molecule has 0 aliphatic rings. The minimum absolute atomic E-state index is 0.147. The monoisotopic (exact) mass is 414 g/mol. The van der Waals surface area contributed by atoms with E-state index in [-0.39, 0.29) is 12.4 Å². The van der Waals surface area contributed by atoms with Crippen LogP contribution >= 0.6 is 0 Å². The van der Waals surface area contributed by atoms with E-state index in [2.05, 4.69) is 37.0 Å². The van der Waals surface area contributed by atoms with E-state index in [4.69, 9.17) is 4.74 Å². The van der Waals surface area contributed by atoms with Crippen LogP contribution in [0.5, 0.6) is 5.75 Å². The molecule has 1 amide bonds. The van der Waals surface area contributed by atoms with Crippen molar-refractivity contribution in [2.45, 2.75) is 27.4 Å². The number of fused-ring (bicyclic) bond motifs is 1. The number of benzene rings is 3. The summed E-state index contributed by atoms with van der Waals surface area (Å²) < 4.78 is 5.63. The molecule has 1 heterocycles. The molecule has 0 saturated heterocycles. The van der Waals surface area contributed by atoms with Crippen LogP contribution in [0.15, 0.2) is 66.7 Å². The van der Waals surface area contributed by atoms with Gasteiger partial charge in [-0.15, -0.1) is 0 Å². The maximum atomic E-state index is 13.1. The molecule has 5 heteroatoms. The standard InChI is InChI=1S/C26H26N2O3/c1-4-28(26(30)31-16-19-8-6-5-7-9-19)25-22-15-21(29)10-11-23(22)27-24(25)20-13-17(2)12-18(3)14-20/h5-15,27,29H,4,16H2,1-3H3. The minimum atomic E-state index is -0.429. The summed E-state index contributed by atoms with van der Waals surface area (Å²) in [5, 5.41) is 10.9. The Labute approximate surface area is 181 Å². The molecule has 0 radical (unpaired) electrons. The second kappa shape index (κ2) is 8.56. The number of rotatable bonds is 5. The summed E-state index contributed by atoms with van der Waals surface area (Å²) in [5.41, 5.74) is 6.56. The number of aromatic amines is 1. The molecule has 0 bridgehead atoms. The van der Waals surface area contributed by atoms with E-state index in [1.54, 1.807) is 17.0 Å². The van der Waals surface area contributed by atoms with Crippen LogP contribution in [0.3, 0.4) is 0 Å². The van der Waals surface area contributed by atoms with Gasteiger partial charge < -0.3 is 14.8 Å². The van der Waals surface area contributed by atoms with E-state index in [1.807, 2.05) is 43.3 Å². The molecule has 0 unspecified atom stereocenters. The van der Waals surface area contributed by atoms with Gasteiger partial charge in [0.05, 0.1) is 11.4 Å². The molecular weight excluding hydrogens is 388 g/mol. The van der Waals surface area contributed by atoms with Gasteiger partial charge in [0.15, 0.2) is 0 Å². The lowest BCUT2D eigenvalue weighted by Gasteiger charge is -2.22. The molecule has 3 aromatic carbocycles. The first-order valence-electron chi connectivity index (χ1n) is 10.4. The number of aromatic hydroxyl groups is 1. The Balaban J connectivity index is 1.79. The third kappa shape index (κ3) is 4.26. The summed E-state index contributed by atoms with van der Waals surface area (Å²) in [6.07, 6.45) is -0.429. The molecule has 0 spiro atoms. The highest BCUT2D eigenvalue weighted by atomic mass is 16.6. The van der Waals surface area contributed by atoms with Crippen LogP contribution in [0.2, 0.25) is 0 Å². The third-order valence-corrected chi connectivity index (χ3v) is 5.28. The molecule has 0 aliphatic heterocycles. The van der Waals surface area contributed by atoms with Gasteiger partial charge in [-0.25, -0.2) is 4.79 Å². The molecule has 5 nitrogen and oxygen atoms in total. The lowest BCUT2D eigenvalue weighted by Crippen LogP contribution is -2.31. The van der Waals surface area contributed by atoms with E-state index in [1.165, 1.54) is 0 Å². The molecular formula is C26H26N2O3. The van der Waals surface area contributed by atoms with Gasteiger partial charge in [0.25, 0.3) is 0 Å². The van der Waals surface area contributed by atoms with Crippen molar-refractivity contribution in [3.05, 3.63) is 83.4 Å². The second-order valence-corrected chi connectivity index (χ2v) is 7.74. The maximum absolute atomic E-state index is 13.1. The molecule has 0 saturated carbocycles. The zero-order valence-electron chi connectivity index (χ0n) is 18.0. The van der Waals surface area contributed by atoms with Crippen LogP contribution in [0.4, 0.5) is 10.5 Å². The largest absolute Gasteiger partial charge is 0.508 e. The van der Waals surface area contributed by atoms with Crippen molar-refractivity contribution in [3.8, 4) is 17.0 Å². The fourth-order valence-electron chi connectivity index (χ4n) is 3.95. The van der Waals surface area contributed by atoms with Crippen molar-refractivity contribution in [1.29, 1.82) is 0 Å². The lowest BCUT2D eigenvalue weighted by molar-refractivity contribution is 0.147. The van der Waals surface area contributed by atoms with E-state index in [0.29, 0.717) is 12.2 Å². The SMILES string of the molecule is CCN(C(=O)OCc1ccccc1)c1c(-c2cc(C)cc(C)c2)[nH]c2ccc(O)cc12. The highest BCUT2D eigenvalue weighted by molar-refractivity contribution is 6.08. The molecule has 31 heavy (non-hydrogen) atoms. The van der Waals surface area contributed by atoms with Crippen LogP contribution in [0.25, 0.3) is 22.2 Å². The number of anilines is 1. The highest BCUT2D eigenvalue weighted by Gasteiger charge is 2.24. The molecule has 0 aliphatic carbocycles. The Bertz CT molecular complexity index is 1210. The topological polar surface area (TPSA) is 65.6 Å². The van der Waals surface area contributed by atoms with E-state index in [9.17, 15) is 9.90 Å². The zero-order valence-corrected chi connectivity index (χ0v) is 18.0. The molecule has 2 N–H and O–H groups in total. The number of carbonyl (C=O) groups excluding carboxylic acids is 1. The number of ether oxygens (including phenoxy) is 1. The van der Waals surface area contributed by atoms with E-state index in [0.717, 1.165) is 38.9 Å². The van der Waals surface area contributed by atoms with Gasteiger partial charge in [-0.2, -0.15) is 0 Å². The summed E-state index contributed by atoms with van der Waals surface area (Å²) in [4.78, 5) is 18.2. The number of aromatic nitrogens is 1. The Morgan fingerprint density at radius 1 is 1.00 bits per heavy atom. The van der Waals surface area contributed by atoms with Crippen molar-refractivity contribution in [2.75, 3.05) is 11.4 Å². The molecule has 1 aromatic heterocycles. The van der Waals surface area contributed by atoms with Gasteiger partial charge in [-0.05, 0) is 56.7 Å². The molecule has 0 fully saturated rings. The number of hydrogen-bond donors (Lipinski definition) is 2. The number of phenols is 1. The van der Waals surface area contributed by atoms with Gasteiger partial charge >= 0.3 is 6.09 Å². The normalized spacial score (nSPS) is 10.9. The first kappa shape index (κ1) is 20.5. The van der Waals surface area contributed by atoms with Gasteiger partial charge in [-0.3, -0.25) is 4.90 Å². The van der Waals surface area contributed by atoms with Crippen molar-refractivity contribution < 1.29 is 14.6 Å². The van der Waals surface area contributed by atoms with Gasteiger partial charge in [0, 0.05) is 23.0 Å². The predicted octanol–water partition coefficient (Wildman–Crippen LogP) is 6.32. The summed E-state index contributed by atoms with van der Waals surface area (Å²) in [5.74, 6) is 0.147. The number of amides is 1. The fourth-order valence-corrected chi connectivity index (χ4v) is 3.95. The van der Waals surface area contributed by atoms with Crippen LogP contribution in [-0.2, 0) is 11.3 Å². The quantitative estimate of drug-likeness (QED) is 0.401. The Morgan fingerprint density at radius 3 is 2.39 bits per heavy atom. The third-order valence-electron chi connectivity index (χ3n) is 5.28. The Kier molecular flexibility index (Phi) is 5.67. The first-order valence-corrected chi connectivity index (χ1v) is 10.4. The van der Waals surface area contributed by atoms with E-state index < -0.39 is 6.09 Å². The highest BCUT2D eigenvalue weighted by Crippen LogP contribution is 2.40. The van der Waals surface area contributed by atoms with Crippen molar-refractivity contribution in [2.24, 2.45) is 0 Å². The summed E-state index contributed by atoms with van der Waals surface area (Å²) in [6, 6.07) is 21.0. The summed E-state index contributed by atoms with van der Waals surface area (Å²) >= 11 is 0. The number of carbonyl (C=O) groups is 1. The molecule has 158 valence electrons. The van der Waals surface area contributed by atoms with Crippen LogP contribution in [0.1, 0.15) is 23.6 Å². The van der Waals surface area contributed by atoms with E-state index >= 15 is 0 Å². The van der Waals surface area contributed by atoms with Crippen LogP contribution < -0.4 is 4.90 Å². The minimum Gasteiger partial charge on any atom is -0.508 e. The van der Waals surface area contributed by atoms with Gasteiger partial charge in [0.1, 0.15) is 12.4 Å². The second-order valence-electron chi connectivity index (χ2n) is 7.74. The average molecular weight is 415 g/mol. The molecule has 4 rings (SSSR count). The predicted molar refractivity (Wildman–Crippen MR) is 125 cm³/mol. The van der Waals surface area contributed by atoms with Crippen LogP contribution in [-0.4, -0.2) is 22.7 Å². The Hall–Kier alpha value is -3.73. The Morgan fingerprint density at radius 2 is 1.71 bits per heavy atom. The number of H-pyrrole nitrogens is 1. The average Bonchev–Trinajstić information content (AvgIpc) is 3.11. The maximum Gasteiger partial charge on any atom is 0.414 e. The van der Waals surface area contributed by atoms with Crippen LogP contribution in [0, 0.1) is 13.8 Å². The number of nitrogens with zero attached hydrogens (tertiary/aromatic N) is 1. The number of hydrogen-bond acceptors (Lipinski definition) is 3. The first-order chi connectivity index (χ1) is 15.0. The zero-order chi connectivity index (χ0) is 22.0. The smallest absolute Gasteiger partial charge is 0.414 e. The summed E-state index contributed by atoms with van der Waals surface area (Å²) in [7, 11) is 0.